The molecule has 10 atom stereocenters. The number of rotatable bonds is 15. The third-order valence-corrected chi connectivity index (χ3v) is 28.9. The first-order valence-electron chi connectivity index (χ1n) is 15.8. The largest absolute Gasteiger partial charge is 0.225 e. The van der Waals surface area contributed by atoms with Gasteiger partial charge in [0.05, 0.1) is 0 Å². The maximum Gasteiger partial charge on any atom is 0.102 e. The van der Waals surface area contributed by atoms with Gasteiger partial charge in [-0.2, -0.15) is 0 Å². The predicted molar refractivity (Wildman–Crippen MR) is 605 cm³/mol. The minimum atomic E-state index is -0.424. The van der Waals surface area contributed by atoms with E-state index in [-0.39, 0.29) is 527 Å². The van der Waals surface area contributed by atoms with Gasteiger partial charge >= 0.3 is 0 Å². The van der Waals surface area contributed by atoms with E-state index >= 15 is 0 Å². The van der Waals surface area contributed by atoms with E-state index < -0.39 is 69.2 Å². The Kier molecular flexibility index (Phi) is 871. The summed E-state index contributed by atoms with van der Waals surface area (Å²) in [6, 6.07) is 50.4. The molecule has 0 aliphatic rings. The molecule has 0 saturated heterocycles. The Morgan fingerprint density at radius 1 is 0.162 bits per heavy atom. The van der Waals surface area contributed by atoms with Crippen molar-refractivity contribution >= 4 is 179 Å². The van der Waals surface area contributed by atoms with Crippen LogP contribution < -0.4 is 0 Å². The van der Waals surface area contributed by atoms with Crippen molar-refractivity contribution in [2.24, 2.45) is 0 Å². The third kappa shape index (κ3) is 223. The summed E-state index contributed by atoms with van der Waals surface area (Å²) in [6.45, 7) is 0. The van der Waals surface area contributed by atoms with Crippen LogP contribution >= 0.6 is 179 Å². The summed E-state index contributed by atoms with van der Waals surface area (Å²) in [7, 11) is -1.96. The molecule has 0 N–H and O–H groups in total. The Hall–Kier alpha value is 10.1. The van der Waals surface area contributed by atoms with E-state index in [0.29, 0.717) is 0 Å². The maximum atomic E-state index is 12.1. The van der Waals surface area contributed by atoms with E-state index in [4.69, 9.17) is 0 Å². The topological polar surface area (TPSA) is 0 Å². The van der Waals surface area contributed by atoms with Gasteiger partial charge in [-0.25, -0.2) is 21.0 Å². The van der Waals surface area contributed by atoms with Crippen LogP contribution in [0.3, 0.4) is 0 Å². The van der Waals surface area contributed by atoms with Gasteiger partial charge in [0.2, 0.25) is 0 Å². The van der Waals surface area contributed by atoms with Gasteiger partial charge in [0.25, 0.3) is 0 Å². The van der Waals surface area contributed by atoms with E-state index in [1.807, 2.05) is 152 Å². The molecule has 10 unspecified atom stereocenters. The standard InChI is InChI=1S/5C7H8FIP2.45CH4.5Tb/c5*8-10-11(9)6-7-4-2-1-3-5-7;;;;;;;;;;;;;;;;;;;;;;;;;;;;;;;;;;;;;;;;;;;;;;;;;;/h5*1-5,10H,6H2;45*1H4;;;;;. The zero-order valence-electron chi connectivity index (χ0n) is 30.7. The summed E-state index contributed by atoms with van der Waals surface area (Å²) < 4.78 is 60.6. The summed E-state index contributed by atoms with van der Waals surface area (Å²) in [5, 5.41) is -2.12. The fourth-order valence-electron chi connectivity index (χ4n) is 3.87. The van der Waals surface area contributed by atoms with Crippen LogP contribution in [0.1, 0.15) is 362 Å². The summed E-state index contributed by atoms with van der Waals surface area (Å²) in [5.41, 5.74) is 6.24. The summed E-state index contributed by atoms with van der Waals surface area (Å²) in [4.78, 5) is 0. The Labute approximate surface area is 921 Å². The molecule has 0 aromatic heterocycles. The predicted octanol–water partition coefficient (Wildman–Crippen LogP) is 51.1. The van der Waals surface area contributed by atoms with Crippen LogP contribution in [-0.4, -0.2) is 0 Å². The van der Waals surface area contributed by atoms with Crippen LogP contribution in [0.25, 0.3) is 0 Å². The van der Waals surface area contributed by atoms with Crippen molar-refractivity contribution < 1.29 is 214 Å². The molecule has 0 heterocycles. The Morgan fingerprint density at radius 3 is 0.286 bits per heavy atom. The summed E-state index contributed by atoms with van der Waals surface area (Å²) >= 11 is 11.1. The van der Waals surface area contributed by atoms with Crippen molar-refractivity contribution in [3.05, 3.63) is 179 Å². The van der Waals surface area contributed by atoms with Gasteiger partial charge in [0.15, 0.2) is 0 Å². The number of hydrogen-bond donors (Lipinski definition) is 0. The molecule has 5 rings (SSSR count). The van der Waals surface area contributed by atoms with E-state index in [2.05, 4.69) is 110 Å². The number of hydrogen-bond acceptors (Lipinski definition) is 0. The second kappa shape index (κ2) is 259. The maximum absolute atomic E-state index is 12.1. The minimum Gasteiger partial charge on any atom is -0.225 e. The van der Waals surface area contributed by atoms with E-state index in [9.17, 15) is 21.0 Å². The molecular weight excluding hydrogens is 2790 g/mol. The van der Waals surface area contributed by atoms with Gasteiger partial charge in [-0.15, -0.1) is 0 Å². The van der Waals surface area contributed by atoms with Crippen molar-refractivity contribution in [2.45, 2.75) is 365 Å². The van der Waals surface area contributed by atoms with Gasteiger partial charge in [-0.3, -0.25) is 0 Å². The smallest absolute Gasteiger partial charge is 0.102 e. The molecule has 5 aromatic rings. The molecule has 0 saturated carbocycles. The van der Waals surface area contributed by atoms with E-state index in [1.54, 1.807) is 0 Å². The van der Waals surface area contributed by atoms with Gasteiger partial charge < -0.3 is 0 Å². The van der Waals surface area contributed by atoms with E-state index in [0.717, 1.165) is 30.8 Å². The van der Waals surface area contributed by atoms with Crippen LogP contribution in [0.2, 0.25) is 0 Å². The molecule has 0 spiro atoms. The van der Waals surface area contributed by atoms with Crippen molar-refractivity contribution in [2.75, 3.05) is 0 Å². The monoisotopic (exact) mass is 3020 g/mol. The molecule has 0 aliphatic carbocycles. The van der Waals surface area contributed by atoms with E-state index in [1.165, 1.54) is 27.8 Å². The Morgan fingerprint density at radius 2 is 0.229 bits per heavy atom. The fraction of sp³-hybridized carbons (Fsp3) is 0.625. The molecule has 25 heteroatoms. The average molecular weight is 3020 g/mol. The van der Waals surface area contributed by atoms with Crippen molar-refractivity contribution in [3.8, 4) is 0 Å². The summed E-state index contributed by atoms with van der Waals surface area (Å²) in [6.07, 6.45) is 4.54. The molecule has 0 fully saturated rings. The fourth-order valence-corrected chi connectivity index (χ4v) is 16.4. The zero-order chi connectivity index (χ0) is 40.5. The molecule has 105 heavy (non-hydrogen) atoms. The first-order valence-corrected chi connectivity index (χ1v) is 46.0. The van der Waals surface area contributed by atoms with Crippen LogP contribution in [0.15, 0.2) is 152 Å². The van der Waals surface area contributed by atoms with Crippen LogP contribution in [-0.2, 0) is 30.8 Å². The molecule has 0 aliphatic heterocycles. The molecule has 705 valence electrons. The quantitative estimate of drug-likeness (QED) is 0.0557. The first kappa shape index (κ1) is 354. The second-order valence-corrected chi connectivity index (χ2v) is 58.3. The zero-order valence-corrected chi connectivity index (χ0v) is 61.6. The molecule has 0 bridgehead atoms. The first-order chi connectivity index (χ1) is 26.6. The normalized spacial score (nSPS) is 7.33. The van der Waals surface area contributed by atoms with Gasteiger partial charge in [-0.1, -0.05) is 486 Å². The van der Waals surface area contributed by atoms with Crippen molar-refractivity contribution in [3.63, 3.8) is 0 Å². The molecule has 5 aromatic carbocycles. The number of benzene rings is 5. The Bertz CT molecular complexity index is 1350. The summed E-state index contributed by atoms with van der Waals surface area (Å²) in [5.74, 6) is 0. The molecule has 0 amide bonds. The molecule has 5 radical (unpaired) electrons. The molecule has 0 nitrogen and oxygen atoms in total. The SMILES string of the molecule is C.C.C.C.C.C.C.C.C.C.C.C.C.C.C.C.C.C.C.C.C.C.C.C.C.C.C.C.C.C.C.C.C.C.C.C.C.C.C.C.C.C.C.C.C.FPP(I)Cc1ccccc1.FPP(I)Cc1ccccc1.FPP(I)Cc1ccccc1.FPP(I)Cc1ccccc1.FPP(I)Cc1ccccc1.[Tb].[Tb].[Tb].[Tb].[Tb]. The van der Waals surface area contributed by atoms with Crippen LogP contribution in [0.4, 0.5) is 21.0 Å². The van der Waals surface area contributed by atoms with Gasteiger partial charge in [0.1, 0.15) is 42.9 Å². The van der Waals surface area contributed by atoms with Crippen molar-refractivity contribution in [1.29, 1.82) is 0 Å². The Balaban J connectivity index is -0.00000000670. The van der Waals surface area contributed by atoms with Gasteiger partial charge in [0, 0.05) is 250 Å². The third-order valence-electron chi connectivity index (χ3n) is 6.28. The second-order valence-electron chi connectivity index (χ2n) is 10.5. The average Bonchev–Trinajstić information content (AvgIpc) is 3.23. The van der Waals surface area contributed by atoms with Crippen LogP contribution in [0.5, 0.6) is 0 Å². The number of halogens is 10. The molecular formula is C80H220F5I5P10Tb5. The van der Waals surface area contributed by atoms with Gasteiger partial charge in [-0.05, 0) is 138 Å². The van der Waals surface area contributed by atoms with Crippen LogP contribution in [0, 0.1) is 193 Å². The minimum absolute atomic E-state index is 0. The van der Waals surface area contributed by atoms with Crippen molar-refractivity contribution in [1.82, 2.24) is 0 Å².